The summed E-state index contributed by atoms with van der Waals surface area (Å²) < 4.78 is 28.2. The molecule has 1 aromatic heterocycles. The quantitative estimate of drug-likeness (QED) is 0.789. The van der Waals surface area contributed by atoms with Crippen molar-refractivity contribution in [3.05, 3.63) is 12.5 Å². The summed E-state index contributed by atoms with van der Waals surface area (Å²) in [5.41, 5.74) is 0. The maximum atomic E-state index is 12.6. The number of hydrogen-bond acceptors (Lipinski definition) is 4. The Morgan fingerprint density at radius 2 is 2.05 bits per heavy atom. The molecule has 22 heavy (non-hydrogen) atoms. The van der Waals surface area contributed by atoms with Crippen molar-refractivity contribution >= 4 is 15.9 Å². The van der Waals surface area contributed by atoms with Crippen LogP contribution in [0.25, 0.3) is 0 Å². The average molecular weight is 326 g/mol. The van der Waals surface area contributed by atoms with Gasteiger partial charge in [0.05, 0.1) is 12.2 Å². The summed E-state index contributed by atoms with van der Waals surface area (Å²) in [5.74, 6) is 0.426. The van der Waals surface area contributed by atoms with E-state index in [4.69, 9.17) is 0 Å². The molecular weight excluding hydrogens is 304 g/mol. The van der Waals surface area contributed by atoms with E-state index in [1.54, 1.807) is 11.6 Å². The molecule has 0 spiro atoms. The zero-order valence-electron chi connectivity index (χ0n) is 13.1. The van der Waals surface area contributed by atoms with Gasteiger partial charge in [-0.3, -0.25) is 4.79 Å². The number of hydrogen-bond donors (Lipinski definition) is 0. The minimum atomic E-state index is -3.59. The van der Waals surface area contributed by atoms with Crippen LogP contribution in [0.15, 0.2) is 17.6 Å². The Balaban J connectivity index is 1.74. The number of carbonyl (C=O) groups excluding carboxylic acids is 1. The predicted molar refractivity (Wildman–Crippen MR) is 80.4 cm³/mol. The predicted octanol–water partition coefficient (Wildman–Crippen LogP) is 0.155. The number of fused-ring (bicyclic) bond motifs is 1. The number of likely N-dealkylation sites (tertiary alicyclic amines) is 1. The number of nitrogens with zero attached hydrogens (tertiary/aromatic N) is 4. The maximum absolute atomic E-state index is 12.6. The SMILES string of the molecule is CC(C)CN1C[C@H]2CN(S(=O)(=O)c3cn(C)cn3)C[C@H]2C1=O. The molecule has 0 N–H and O–H groups in total. The Hall–Kier alpha value is -1.41. The van der Waals surface area contributed by atoms with Gasteiger partial charge in [-0.2, -0.15) is 4.31 Å². The van der Waals surface area contributed by atoms with Crippen molar-refractivity contribution in [2.45, 2.75) is 18.9 Å². The van der Waals surface area contributed by atoms with Crippen molar-refractivity contribution < 1.29 is 13.2 Å². The molecule has 2 atom stereocenters. The lowest BCUT2D eigenvalue weighted by molar-refractivity contribution is -0.131. The van der Waals surface area contributed by atoms with Crippen LogP contribution < -0.4 is 0 Å². The van der Waals surface area contributed by atoms with Gasteiger partial charge in [0.1, 0.15) is 0 Å². The maximum Gasteiger partial charge on any atom is 0.262 e. The highest BCUT2D eigenvalue weighted by atomic mass is 32.2. The van der Waals surface area contributed by atoms with Crippen molar-refractivity contribution in [2.75, 3.05) is 26.2 Å². The smallest absolute Gasteiger partial charge is 0.262 e. The number of rotatable bonds is 4. The Morgan fingerprint density at radius 3 is 2.59 bits per heavy atom. The molecule has 2 aliphatic rings. The molecule has 7 nitrogen and oxygen atoms in total. The first-order chi connectivity index (χ1) is 10.3. The first kappa shape index (κ1) is 15.5. The molecule has 0 aromatic carbocycles. The molecular formula is C14H22N4O3S. The van der Waals surface area contributed by atoms with Crippen LogP contribution in [0.5, 0.6) is 0 Å². The van der Waals surface area contributed by atoms with Gasteiger partial charge in [0.2, 0.25) is 5.91 Å². The molecule has 122 valence electrons. The van der Waals surface area contributed by atoms with Gasteiger partial charge < -0.3 is 9.47 Å². The van der Waals surface area contributed by atoms with Gasteiger partial charge in [-0.15, -0.1) is 0 Å². The van der Waals surface area contributed by atoms with Gasteiger partial charge in [-0.05, 0) is 5.92 Å². The van der Waals surface area contributed by atoms with E-state index in [-0.39, 0.29) is 29.3 Å². The van der Waals surface area contributed by atoms with Gasteiger partial charge in [-0.25, -0.2) is 13.4 Å². The summed E-state index contributed by atoms with van der Waals surface area (Å²) in [6, 6.07) is 0. The minimum Gasteiger partial charge on any atom is -0.342 e. The van der Waals surface area contributed by atoms with Crippen LogP contribution in [-0.4, -0.2) is 59.3 Å². The number of sulfonamides is 1. The minimum absolute atomic E-state index is 0.0569. The van der Waals surface area contributed by atoms with E-state index >= 15 is 0 Å². The van der Waals surface area contributed by atoms with Gasteiger partial charge >= 0.3 is 0 Å². The molecule has 2 saturated heterocycles. The molecule has 1 amide bonds. The normalized spacial score (nSPS) is 26.2. The fourth-order valence-corrected chi connectivity index (χ4v) is 4.85. The Morgan fingerprint density at radius 1 is 1.32 bits per heavy atom. The molecule has 3 heterocycles. The lowest BCUT2D eigenvalue weighted by Gasteiger charge is -2.22. The van der Waals surface area contributed by atoms with Crippen molar-refractivity contribution in [3.8, 4) is 0 Å². The van der Waals surface area contributed by atoms with Crippen LogP contribution in [0.1, 0.15) is 13.8 Å². The second-order valence-corrected chi connectivity index (χ2v) is 8.59. The summed E-state index contributed by atoms with van der Waals surface area (Å²) in [5, 5.41) is 0.0569. The Bertz CT molecular complexity index is 682. The highest BCUT2D eigenvalue weighted by Gasteiger charge is 2.49. The Labute approximate surface area is 131 Å². The summed E-state index contributed by atoms with van der Waals surface area (Å²) in [7, 11) is -1.86. The van der Waals surface area contributed by atoms with Crippen LogP contribution in [0.3, 0.4) is 0 Å². The third kappa shape index (κ3) is 2.54. The first-order valence-electron chi connectivity index (χ1n) is 7.56. The van der Waals surface area contributed by atoms with Crippen LogP contribution in [0, 0.1) is 17.8 Å². The standard InChI is InChI=1S/C14H22N4O3S/c1-10(2)4-17-5-11-6-18(7-12(11)14(17)19)22(20,21)13-8-16(3)9-15-13/h8-12H,4-7H2,1-3H3/t11-,12+/m0/s1. The average Bonchev–Trinajstić information content (AvgIpc) is 3.08. The molecule has 0 bridgehead atoms. The molecule has 2 fully saturated rings. The van der Waals surface area contributed by atoms with E-state index in [0.29, 0.717) is 19.0 Å². The second kappa shape index (κ2) is 5.34. The molecule has 8 heteroatoms. The van der Waals surface area contributed by atoms with Gasteiger partial charge in [0.25, 0.3) is 10.0 Å². The third-order valence-electron chi connectivity index (χ3n) is 4.36. The highest BCUT2D eigenvalue weighted by Crippen LogP contribution is 2.35. The van der Waals surface area contributed by atoms with Crippen LogP contribution in [-0.2, 0) is 21.9 Å². The van der Waals surface area contributed by atoms with Crippen LogP contribution >= 0.6 is 0 Å². The summed E-state index contributed by atoms with van der Waals surface area (Å²) in [6.45, 7) is 6.26. The second-order valence-electron chi connectivity index (χ2n) is 6.70. The molecule has 1 aromatic rings. The van der Waals surface area contributed by atoms with Gasteiger partial charge in [0, 0.05) is 45.3 Å². The van der Waals surface area contributed by atoms with Gasteiger partial charge in [0.15, 0.2) is 5.03 Å². The number of amides is 1. The summed E-state index contributed by atoms with van der Waals surface area (Å²) >= 11 is 0. The van der Waals surface area contributed by atoms with Crippen molar-refractivity contribution in [1.29, 1.82) is 0 Å². The zero-order valence-corrected chi connectivity index (χ0v) is 14.0. The lowest BCUT2D eigenvalue weighted by atomic mass is 10.0. The fourth-order valence-electron chi connectivity index (χ4n) is 3.36. The molecule has 3 rings (SSSR count). The largest absolute Gasteiger partial charge is 0.342 e. The van der Waals surface area contributed by atoms with E-state index in [9.17, 15) is 13.2 Å². The van der Waals surface area contributed by atoms with Crippen molar-refractivity contribution in [2.24, 2.45) is 24.8 Å². The topological polar surface area (TPSA) is 75.5 Å². The van der Waals surface area contributed by atoms with E-state index in [1.807, 2.05) is 4.90 Å². The monoisotopic (exact) mass is 326 g/mol. The molecule has 0 aliphatic carbocycles. The van der Waals surface area contributed by atoms with E-state index in [0.717, 1.165) is 6.54 Å². The lowest BCUT2D eigenvalue weighted by Crippen LogP contribution is -2.37. The number of imidazole rings is 1. The number of aryl methyl sites for hydroxylation is 1. The first-order valence-corrected chi connectivity index (χ1v) is 9.00. The van der Waals surface area contributed by atoms with E-state index in [2.05, 4.69) is 18.8 Å². The summed E-state index contributed by atoms with van der Waals surface area (Å²) in [6.07, 6.45) is 2.97. The van der Waals surface area contributed by atoms with Crippen molar-refractivity contribution in [1.82, 2.24) is 18.8 Å². The molecule has 2 aliphatic heterocycles. The Kier molecular flexibility index (Phi) is 3.76. The summed E-state index contributed by atoms with van der Waals surface area (Å²) in [4.78, 5) is 18.2. The third-order valence-corrected chi connectivity index (χ3v) is 6.08. The van der Waals surface area contributed by atoms with Crippen LogP contribution in [0.2, 0.25) is 0 Å². The zero-order chi connectivity index (χ0) is 16.1. The number of carbonyl (C=O) groups is 1. The number of aromatic nitrogens is 2. The molecule has 0 saturated carbocycles. The van der Waals surface area contributed by atoms with Gasteiger partial charge in [-0.1, -0.05) is 13.8 Å². The van der Waals surface area contributed by atoms with Crippen molar-refractivity contribution in [3.63, 3.8) is 0 Å². The molecule has 0 unspecified atom stereocenters. The van der Waals surface area contributed by atoms with E-state index in [1.165, 1.54) is 16.8 Å². The molecule has 0 radical (unpaired) electrons. The van der Waals surface area contributed by atoms with Crippen LogP contribution in [0.4, 0.5) is 0 Å². The van der Waals surface area contributed by atoms with E-state index < -0.39 is 10.0 Å². The highest BCUT2D eigenvalue weighted by molar-refractivity contribution is 7.89. The fraction of sp³-hybridized carbons (Fsp3) is 0.714.